The van der Waals surface area contributed by atoms with Gasteiger partial charge < -0.3 is 24.5 Å². The van der Waals surface area contributed by atoms with E-state index in [1.165, 1.54) is 0 Å². The number of hydrogen-bond donors (Lipinski definition) is 2. The number of methoxy groups -OCH3 is 2. The Balaban J connectivity index is 2.01. The van der Waals surface area contributed by atoms with Crippen LogP contribution in [0.3, 0.4) is 0 Å². The van der Waals surface area contributed by atoms with Crippen LogP contribution in [0.15, 0.2) is 22.6 Å². The molecule has 2 N–H and O–H groups in total. The molecule has 7 nitrogen and oxygen atoms in total. The van der Waals surface area contributed by atoms with E-state index < -0.39 is 0 Å². The number of anilines is 2. The Morgan fingerprint density at radius 1 is 1.14 bits per heavy atom. The molecule has 0 saturated carbocycles. The number of rotatable bonds is 8. The van der Waals surface area contributed by atoms with Crippen LogP contribution in [-0.4, -0.2) is 31.0 Å². The summed E-state index contributed by atoms with van der Waals surface area (Å²) in [6.45, 7) is 3.58. The standard InChI is InChI=1S/C14H20N4O3/c1-4-7-15-9-13-17-18-14(21-13)16-10-5-6-11(19-2)12(8-10)20-3/h5-6,8,15H,4,7,9H2,1-3H3,(H,16,18). The zero-order chi connectivity index (χ0) is 15.1. The molecular weight excluding hydrogens is 272 g/mol. The zero-order valence-corrected chi connectivity index (χ0v) is 12.5. The summed E-state index contributed by atoms with van der Waals surface area (Å²) in [7, 11) is 3.18. The molecule has 0 aliphatic rings. The number of ether oxygens (including phenoxy) is 2. The molecule has 0 saturated heterocycles. The number of hydrogen-bond acceptors (Lipinski definition) is 7. The molecule has 0 aliphatic carbocycles. The highest BCUT2D eigenvalue weighted by atomic mass is 16.5. The van der Waals surface area contributed by atoms with Crippen molar-refractivity contribution in [3.63, 3.8) is 0 Å². The quantitative estimate of drug-likeness (QED) is 0.723. The second kappa shape index (κ2) is 7.49. The van der Waals surface area contributed by atoms with Crippen molar-refractivity contribution in [1.82, 2.24) is 15.5 Å². The predicted molar refractivity (Wildman–Crippen MR) is 79.1 cm³/mol. The summed E-state index contributed by atoms with van der Waals surface area (Å²) in [5, 5.41) is 14.1. The van der Waals surface area contributed by atoms with E-state index in [1.54, 1.807) is 26.4 Å². The molecule has 2 aromatic rings. The number of benzene rings is 1. The molecule has 2 rings (SSSR count). The molecule has 0 aliphatic heterocycles. The fraction of sp³-hybridized carbons (Fsp3) is 0.429. The lowest BCUT2D eigenvalue weighted by Gasteiger charge is -2.09. The summed E-state index contributed by atoms with van der Waals surface area (Å²) in [5.74, 6) is 1.84. The fourth-order valence-corrected chi connectivity index (χ4v) is 1.79. The average Bonchev–Trinajstić information content (AvgIpc) is 2.95. The van der Waals surface area contributed by atoms with Gasteiger partial charge in [0.2, 0.25) is 5.89 Å². The molecule has 114 valence electrons. The van der Waals surface area contributed by atoms with Gasteiger partial charge in [0, 0.05) is 11.8 Å². The number of nitrogens with one attached hydrogen (secondary N) is 2. The summed E-state index contributed by atoms with van der Waals surface area (Å²) in [4.78, 5) is 0. The maximum atomic E-state index is 5.50. The zero-order valence-electron chi connectivity index (χ0n) is 12.5. The van der Waals surface area contributed by atoms with E-state index in [0.29, 0.717) is 29.9 Å². The number of aromatic nitrogens is 2. The van der Waals surface area contributed by atoms with Gasteiger partial charge in [0.15, 0.2) is 11.5 Å². The van der Waals surface area contributed by atoms with Crippen molar-refractivity contribution in [2.45, 2.75) is 19.9 Å². The van der Waals surface area contributed by atoms with Crippen molar-refractivity contribution in [3.8, 4) is 11.5 Å². The van der Waals surface area contributed by atoms with Crippen molar-refractivity contribution in [1.29, 1.82) is 0 Å². The Morgan fingerprint density at radius 2 is 1.95 bits per heavy atom. The largest absolute Gasteiger partial charge is 0.493 e. The van der Waals surface area contributed by atoms with E-state index in [2.05, 4.69) is 27.8 Å². The molecule has 0 spiro atoms. The van der Waals surface area contributed by atoms with Gasteiger partial charge in [-0.25, -0.2) is 0 Å². The summed E-state index contributed by atoms with van der Waals surface area (Å²) in [6.07, 6.45) is 1.06. The van der Waals surface area contributed by atoms with Crippen molar-refractivity contribution in [3.05, 3.63) is 24.1 Å². The minimum absolute atomic E-state index is 0.343. The molecule has 0 atom stereocenters. The number of nitrogens with zero attached hydrogens (tertiary/aromatic N) is 2. The lowest BCUT2D eigenvalue weighted by atomic mass is 10.3. The molecule has 0 amide bonds. The monoisotopic (exact) mass is 292 g/mol. The van der Waals surface area contributed by atoms with Gasteiger partial charge in [0.05, 0.1) is 20.8 Å². The van der Waals surface area contributed by atoms with Crippen LogP contribution < -0.4 is 20.1 Å². The van der Waals surface area contributed by atoms with Crippen LogP contribution in [0.2, 0.25) is 0 Å². The van der Waals surface area contributed by atoms with Crippen LogP contribution in [0.5, 0.6) is 11.5 Å². The highest BCUT2D eigenvalue weighted by molar-refractivity contribution is 5.58. The normalized spacial score (nSPS) is 10.4. The second-order valence-electron chi connectivity index (χ2n) is 4.37. The Labute approximate surface area is 123 Å². The summed E-state index contributed by atoms with van der Waals surface area (Å²) in [6, 6.07) is 5.80. The van der Waals surface area contributed by atoms with Crippen molar-refractivity contribution in [2.75, 3.05) is 26.1 Å². The molecule has 7 heteroatoms. The fourth-order valence-electron chi connectivity index (χ4n) is 1.79. The van der Waals surface area contributed by atoms with Gasteiger partial charge >= 0.3 is 6.01 Å². The first-order valence-electron chi connectivity index (χ1n) is 6.79. The van der Waals surface area contributed by atoms with E-state index >= 15 is 0 Å². The Bertz CT molecular complexity index is 571. The second-order valence-corrected chi connectivity index (χ2v) is 4.37. The minimum atomic E-state index is 0.343. The van der Waals surface area contributed by atoms with E-state index in [9.17, 15) is 0 Å². The van der Waals surface area contributed by atoms with Gasteiger partial charge in [-0.05, 0) is 25.1 Å². The molecule has 0 bridgehead atoms. The lowest BCUT2D eigenvalue weighted by molar-refractivity contribution is 0.355. The Kier molecular flexibility index (Phi) is 5.39. The van der Waals surface area contributed by atoms with Crippen molar-refractivity contribution in [2.24, 2.45) is 0 Å². The van der Waals surface area contributed by atoms with E-state index in [-0.39, 0.29) is 0 Å². The highest BCUT2D eigenvalue weighted by Gasteiger charge is 2.08. The molecule has 0 unspecified atom stereocenters. The van der Waals surface area contributed by atoms with E-state index in [1.807, 2.05) is 6.07 Å². The summed E-state index contributed by atoms with van der Waals surface area (Å²) < 4.78 is 15.9. The van der Waals surface area contributed by atoms with Crippen LogP contribution in [0.25, 0.3) is 0 Å². The first kappa shape index (κ1) is 15.1. The van der Waals surface area contributed by atoms with Gasteiger partial charge in [0.25, 0.3) is 0 Å². The maximum absolute atomic E-state index is 5.50. The van der Waals surface area contributed by atoms with Gasteiger partial charge in [-0.3, -0.25) is 0 Å². The van der Waals surface area contributed by atoms with Gasteiger partial charge in [-0.15, -0.1) is 5.10 Å². The Hall–Kier alpha value is -2.28. The SMILES string of the molecule is CCCNCc1nnc(Nc2ccc(OC)c(OC)c2)o1. The first-order valence-corrected chi connectivity index (χ1v) is 6.79. The summed E-state index contributed by atoms with van der Waals surface area (Å²) >= 11 is 0. The van der Waals surface area contributed by atoms with Gasteiger partial charge in [0.1, 0.15) is 0 Å². The smallest absolute Gasteiger partial charge is 0.320 e. The van der Waals surface area contributed by atoms with Crippen LogP contribution in [0, 0.1) is 0 Å². The molecule has 1 heterocycles. The minimum Gasteiger partial charge on any atom is -0.493 e. The van der Waals surface area contributed by atoms with Crippen LogP contribution >= 0.6 is 0 Å². The molecule has 0 fully saturated rings. The summed E-state index contributed by atoms with van der Waals surface area (Å²) in [5.41, 5.74) is 0.782. The topological polar surface area (TPSA) is 81.4 Å². The third-order valence-corrected chi connectivity index (χ3v) is 2.80. The predicted octanol–water partition coefficient (Wildman–Crippen LogP) is 2.33. The molecule has 1 aromatic heterocycles. The van der Waals surface area contributed by atoms with Gasteiger partial charge in [-0.2, -0.15) is 0 Å². The maximum Gasteiger partial charge on any atom is 0.320 e. The van der Waals surface area contributed by atoms with Crippen molar-refractivity contribution >= 4 is 11.7 Å². The van der Waals surface area contributed by atoms with Crippen LogP contribution in [0.1, 0.15) is 19.2 Å². The van der Waals surface area contributed by atoms with Gasteiger partial charge in [-0.1, -0.05) is 12.0 Å². The van der Waals surface area contributed by atoms with Crippen LogP contribution in [0.4, 0.5) is 11.7 Å². The average molecular weight is 292 g/mol. The third kappa shape index (κ3) is 4.09. The first-order chi connectivity index (χ1) is 10.3. The lowest BCUT2D eigenvalue weighted by Crippen LogP contribution is -2.13. The van der Waals surface area contributed by atoms with E-state index in [0.717, 1.165) is 18.7 Å². The molecule has 21 heavy (non-hydrogen) atoms. The molecule has 0 radical (unpaired) electrons. The molecule has 1 aromatic carbocycles. The highest BCUT2D eigenvalue weighted by Crippen LogP contribution is 2.30. The van der Waals surface area contributed by atoms with E-state index in [4.69, 9.17) is 13.9 Å². The van der Waals surface area contributed by atoms with Crippen LogP contribution in [-0.2, 0) is 6.54 Å². The third-order valence-electron chi connectivity index (χ3n) is 2.80. The van der Waals surface area contributed by atoms with Crippen molar-refractivity contribution < 1.29 is 13.9 Å². The Morgan fingerprint density at radius 3 is 2.67 bits per heavy atom. The molecular formula is C14H20N4O3.